The Bertz CT molecular complexity index is 604. The van der Waals surface area contributed by atoms with E-state index in [2.05, 4.69) is 34.7 Å². The maximum Gasteiger partial charge on any atom is 0.123 e. The summed E-state index contributed by atoms with van der Waals surface area (Å²) in [4.78, 5) is 0. The maximum absolute atomic E-state index is 5.40. The van der Waals surface area contributed by atoms with Crippen LogP contribution < -0.4 is 10.1 Å². The molecule has 0 radical (unpaired) electrons. The van der Waals surface area contributed by atoms with Crippen molar-refractivity contribution in [1.82, 2.24) is 20.3 Å². The Labute approximate surface area is 125 Å². The van der Waals surface area contributed by atoms with Crippen LogP contribution in [-0.2, 0) is 13.1 Å². The monoisotopic (exact) mass is 286 g/mol. The largest absolute Gasteiger partial charge is 0.496 e. The predicted molar refractivity (Wildman–Crippen MR) is 81.3 cm³/mol. The minimum atomic E-state index is 0.681. The Morgan fingerprint density at radius 1 is 1.38 bits per heavy atom. The molecule has 112 valence electrons. The van der Waals surface area contributed by atoms with Crippen molar-refractivity contribution >= 4 is 0 Å². The zero-order chi connectivity index (χ0) is 14.7. The van der Waals surface area contributed by atoms with E-state index >= 15 is 0 Å². The first-order valence-corrected chi connectivity index (χ1v) is 7.48. The number of rotatable bonds is 7. The fraction of sp³-hybridized carbons (Fsp3) is 0.500. The van der Waals surface area contributed by atoms with Gasteiger partial charge in [0.15, 0.2) is 0 Å². The quantitative estimate of drug-likeness (QED) is 0.847. The number of hydrogen-bond donors (Lipinski definition) is 1. The van der Waals surface area contributed by atoms with Crippen LogP contribution in [0.15, 0.2) is 24.4 Å². The molecule has 0 spiro atoms. The van der Waals surface area contributed by atoms with E-state index in [-0.39, 0.29) is 0 Å². The highest BCUT2D eigenvalue weighted by molar-refractivity contribution is 5.36. The molecule has 21 heavy (non-hydrogen) atoms. The Hall–Kier alpha value is -1.88. The first-order chi connectivity index (χ1) is 10.2. The van der Waals surface area contributed by atoms with Crippen LogP contribution in [0.3, 0.4) is 0 Å². The number of aryl methyl sites for hydroxylation is 1. The van der Waals surface area contributed by atoms with Crippen LogP contribution in [0.25, 0.3) is 0 Å². The van der Waals surface area contributed by atoms with Crippen LogP contribution in [0.5, 0.6) is 5.75 Å². The number of nitrogens with zero attached hydrogens (tertiary/aromatic N) is 3. The van der Waals surface area contributed by atoms with Crippen molar-refractivity contribution in [1.29, 1.82) is 0 Å². The minimum Gasteiger partial charge on any atom is -0.496 e. The van der Waals surface area contributed by atoms with Gasteiger partial charge in [-0.05, 0) is 38.3 Å². The molecular weight excluding hydrogens is 264 g/mol. The first-order valence-electron chi connectivity index (χ1n) is 7.48. The van der Waals surface area contributed by atoms with Crippen LogP contribution in [0.1, 0.15) is 29.7 Å². The molecule has 1 aliphatic rings. The summed E-state index contributed by atoms with van der Waals surface area (Å²) in [5.41, 5.74) is 3.33. The Morgan fingerprint density at radius 3 is 3.00 bits per heavy atom. The smallest absolute Gasteiger partial charge is 0.123 e. The van der Waals surface area contributed by atoms with E-state index in [9.17, 15) is 0 Å². The van der Waals surface area contributed by atoms with Gasteiger partial charge in [0.2, 0.25) is 0 Å². The van der Waals surface area contributed by atoms with Gasteiger partial charge in [-0.25, -0.2) is 4.68 Å². The maximum atomic E-state index is 5.40. The van der Waals surface area contributed by atoms with Gasteiger partial charge in [0.25, 0.3) is 0 Å². The predicted octanol–water partition coefficient (Wildman–Crippen LogP) is 2.14. The SMILES string of the molecule is COc1ccc(C)cc1Cn1cc(CNCC2CC2)nn1. The van der Waals surface area contributed by atoms with Crippen LogP contribution in [-0.4, -0.2) is 28.6 Å². The van der Waals surface area contributed by atoms with Crippen LogP contribution in [0, 0.1) is 12.8 Å². The number of aromatic nitrogens is 3. The number of benzene rings is 1. The van der Waals surface area contributed by atoms with Gasteiger partial charge < -0.3 is 10.1 Å². The van der Waals surface area contributed by atoms with Gasteiger partial charge >= 0.3 is 0 Å². The minimum absolute atomic E-state index is 0.681. The van der Waals surface area contributed by atoms with Crippen molar-refractivity contribution in [2.75, 3.05) is 13.7 Å². The number of hydrogen-bond acceptors (Lipinski definition) is 4. The average Bonchev–Trinajstić information content (AvgIpc) is 3.19. The molecule has 2 aromatic rings. The van der Waals surface area contributed by atoms with Crippen LogP contribution in [0.2, 0.25) is 0 Å². The molecule has 0 atom stereocenters. The summed E-state index contributed by atoms with van der Waals surface area (Å²) >= 11 is 0. The second-order valence-electron chi connectivity index (χ2n) is 5.80. The van der Waals surface area contributed by atoms with Gasteiger partial charge in [-0.15, -0.1) is 5.10 Å². The summed E-state index contributed by atoms with van der Waals surface area (Å²) in [6.45, 7) is 4.65. The molecule has 0 amide bonds. The normalized spacial score (nSPS) is 14.4. The van der Waals surface area contributed by atoms with E-state index in [4.69, 9.17) is 4.74 Å². The molecule has 0 bridgehead atoms. The van der Waals surface area contributed by atoms with E-state index in [0.29, 0.717) is 6.54 Å². The Morgan fingerprint density at radius 2 is 2.24 bits per heavy atom. The standard InChI is InChI=1S/C16H22N4O/c1-12-3-6-16(21-2)14(7-12)10-20-11-15(18-19-20)9-17-8-13-4-5-13/h3,6-7,11,13,17H,4-5,8-10H2,1-2H3. The van der Waals surface area contributed by atoms with Crippen LogP contribution in [0.4, 0.5) is 0 Å². The second kappa shape index (κ2) is 6.26. The topological polar surface area (TPSA) is 52.0 Å². The summed E-state index contributed by atoms with van der Waals surface area (Å²) in [5, 5.41) is 11.9. The molecule has 1 aromatic heterocycles. The molecule has 0 saturated heterocycles. The summed E-state index contributed by atoms with van der Waals surface area (Å²) in [7, 11) is 1.70. The highest BCUT2D eigenvalue weighted by Crippen LogP contribution is 2.27. The van der Waals surface area contributed by atoms with Gasteiger partial charge in [-0.3, -0.25) is 0 Å². The molecule has 1 N–H and O–H groups in total. The van der Waals surface area contributed by atoms with Gasteiger partial charge in [0, 0.05) is 12.1 Å². The van der Waals surface area contributed by atoms with Crippen molar-refractivity contribution in [2.45, 2.75) is 32.9 Å². The molecular formula is C16H22N4O. The zero-order valence-electron chi connectivity index (χ0n) is 12.7. The molecule has 1 aromatic carbocycles. The number of nitrogens with one attached hydrogen (secondary N) is 1. The van der Waals surface area contributed by atoms with E-state index < -0.39 is 0 Å². The molecule has 1 saturated carbocycles. The fourth-order valence-corrected chi connectivity index (χ4v) is 2.43. The first kappa shape index (κ1) is 14.1. The van der Waals surface area contributed by atoms with Gasteiger partial charge in [0.05, 0.1) is 25.5 Å². The lowest BCUT2D eigenvalue weighted by Crippen LogP contribution is -2.16. The van der Waals surface area contributed by atoms with E-state index in [1.165, 1.54) is 18.4 Å². The summed E-state index contributed by atoms with van der Waals surface area (Å²) in [6, 6.07) is 6.18. The van der Waals surface area contributed by atoms with Crippen molar-refractivity contribution in [3.8, 4) is 5.75 Å². The van der Waals surface area contributed by atoms with Crippen molar-refractivity contribution in [3.05, 3.63) is 41.2 Å². The molecule has 1 aliphatic carbocycles. The molecule has 1 fully saturated rings. The Kier molecular flexibility index (Phi) is 4.20. The van der Waals surface area contributed by atoms with Gasteiger partial charge in [-0.2, -0.15) is 0 Å². The molecule has 0 unspecified atom stereocenters. The van der Waals surface area contributed by atoms with E-state index in [1.54, 1.807) is 7.11 Å². The summed E-state index contributed by atoms with van der Waals surface area (Å²) in [6.07, 6.45) is 4.74. The third-order valence-corrected chi connectivity index (χ3v) is 3.79. The summed E-state index contributed by atoms with van der Waals surface area (Å²) in [5.74, 6) is 1.78. The van der Waals surface area contributed by atoms with Gasteiger partial charge in [0.1, 0.15) is 5.75 Å². The molecule has 0 aliphatic heterocycles. The lowest BCUT2D eigenvalue weighted by Gasteiger charge is -2.09. The van der Waals surface area contributed by atoms with E-state index in [0.717, 1.165) is 36.0 Å². The zero-order valence-corrected chi connectivity index (χ0v) is 12.7. The third-order valence-electron chi connectivity index (χ3n) is 3.79. The molecule has 3 rings (SSSR count). The van der Waals surface area contributed by atoms with Crippen molar-refractivity contribution in [3.63, 3.8) is 0 Å². The highest BCUT2D eigenvalue weighted by atomic mass is 16.5. The lowest BCUT2D eigenvalue weighted by molar-refractivity contribution is 0.407. The summed E-state index contributed by atoms with van der Waals surface area (Å²) < 4.78 is 7.27. The number of methoxy groups -OCH3 is 1. The average molecular weight is 286 g/mol. The molecule has 5 nitrogen and oxygen atoms in total. The van der Waals surface area contributed by atoms with Gasteiger partial charge in [-0.1, -0.05) is 22.9 Å². The Balaban J connectivity index is 1.61. The molecule has 1 heterocycles. The van der Waals surface area contributed by atoms with Crippen molar-refractivity contribution in [2.24, 2.45) is 5.92 Å². The third kappa shape index (κ3) is 3.82. The molecule has 5 heteroatoms. The lowest BCUT2D eigenvalue weighted by atomic mass is 10.1. The highest BCUT2D eigenvalue weighted by Gasteiger charge is 2.20. The van der Waals surface area contributed by atoms with Crippen LogP contribution >= 0.6 is 0 Å². The van der Waals surface area contributed by atoms with Crippen molar-refractivity contribution < 1.29 is 4.74 Å². The number of ether oxygens (including phenoxy) is 1. The second-order valence-corrected chi connectivity index (χ2v) is 5.80. The fourth-order valence-electron chi connectivity index (χ4n) is 2.43. The van der Waals surface area contributed by atoms with E-state index in [1.807, 2.05) is 16.9 Å².